The lowest BCUT2D eigenvalue weighted by molar-refractivity contribution is -0.122. The normalized spacial score (nSPS) is 14.5. The Balaban J connectivity index is 1.44. The molecule has 6 nitrogen and oxygen atoms in total. The van der Waals surface area contributed by atoms with Crippen LogP contribution in [0.3, 0.4) is 0 Å². The maximum Gasteiger partial charge on any atom is 0.266 e. The topological polar surface area (TPSA) is 56.6 Å². The van der Waals surface area contributed by atoms with Crippen molar-refractivity contribution in [1.82, 2.24) is 14.7 Å². The molecule has 0 N–H and O–H groups in total. The van der Waals surface area contributed by atoms with Gasteiger partial charge in [0.05, 0.1) is 29.4 Å². The third-order valence-corrected chi connectivity index (χ3v) is 7.67. The second-order valence-electron chi connectivity index (χ2n) is 8.44. The van der Waals surface area contributed by atoms with E-state index in [0.717, 1.165) is 33.8 Å². The predicted octanol–water partition coefficient (Wildman–Crippen LogP) is 6.62. The molecule has 1 saturated heterocycles. The van der Waals surface area contributed by atoms with Crippen molar-refractivity contribution in [2.45, 2.75) is 6.61 Å². The SMILES string of the molecule is COCCN1C(=O)/C(=C/c2cn(-c3ccccc3)nc2-c2ccc(OCc3ccccc3Cl)cc2)SC1=S. The number of thioether (sulfide) groups is 1. The second-order valence-corrected chi connectivity index (χ2v) is 10.5. The van der Waals surface area contributed by atoms with Crippen LogP contribution in [0.5, 0.6) is 5.75 Å². The van der Waals surface area contributed by atoms with Crippen molar-refractivity contribution in [2.75, 3.05) is 20.3 Å². The Kier molecular flexibility index (Phi) is 8.24. The van der Waals surface area contributed by atoms with Crippen LogP contribution >= 0.6 is 35.6 Å². The first-order chi connectivity index (χ1) is 18.5. The van der Waals surface area contributed by atoms with E-state index in [-0.39, 0.29) is 5.91 Å². The number of para-hydroxylation sites is 1. The fraction of sp³-hybridized carbons (Fsp3) is 0.138. The fourth-order valence-electron chi connectivity index (χ4n) is 3.93. The Bertz CT molecular complexity index is 1490. The van der Waals surface area contributed by atoms with E-state index < -0.39 is 0 Å². The van der Waals surface area contributed by atoms with Crippen LogP contribution in [0.4, 0.5) is 0 Å². The van der Waals surface area contributed by atoms with Crippen LogP contribution < -0.4 is 4.74 Å². The van der Waals surface area contributed by atoms with E-state index in [4.69, 9.17) is 38.4 Å². The summed E-state index contributed by atoms with van der Waals surface area (Å²) in [4.78, 5) is 15.2. The van der Waals surface area contributed by atoms with Crippen molar-refractivity contribution >= 4 is 51.9 Å². The molecule has 3 aromatic carbocycles. The van der Waals surface area contributed by atoms with Gasteiger partial charge in [-0.05, 0) is 48.5 Å². The minimum Gasteiger partial charge on any atom is -0.489 e. The third kappa shape index (κ3) is 5.84. The van der Waals surface area contributed by atoms with Gasteiger partial charge in [0.25, 0.3) is 5.91 Å². The number of amides is 1. The minimum atomic E-state index is -0.126. The van der Waals surface area contributed by atoms with Gasteiger partial charge in [-0.3, -0.25) is 9.69 Å². The summed E-state index contributed by atoms with van der Waals surface area (Å²) in [5, 5.41) is 5.54. The average Bonchev–Trinajstić information content (AvgIpc) is 3.48. The lowest BCUT2D eigenvalue weighted by Crippen LogP contribution is -2.31. The summed E-state index contributed by atoms with van der Waals surface area (Å²) >= 11 is 13.0. The van der Waals surface area contributed by atoms with Crippen molar-refractivity contribution in [2.24, 2.45) is 0 Å². The van der Waals surface area contributed by atoms with Crippen LogP contribution in [0.15, 0.2) is 90.0 Å². The highest BCUT2D eigenvalue weighted by molar-refractivity contribution is 8.26. The molecule has 0 radical (unpaired) electrons. The lowest BCUT2D eigenvalue weighted by atomic mass is 10.1. The number of ether oxygens (including phenoxy) is 2. The highest BCUT2D eigenvalue weighted by Crippen LogP contribution is 2.35. The Morgan fingerprint density at radius 1 is 1.03 bits per heavy atom. The van der Waals surface area contributed by atoms with Crippen molar-refractivity contribution < 1.29 is 14.3 Å². The number of hydrogen-bond donors (Lipinski definition) is 0. The molecule has 5 rings (SSSR count). The van der Waals surface area contributed by atoms with Crippen molar-refractivity contribution in [3.8, 4) is 22.7 Å². The van der Waals surface area contributed by atoms with Crippen LogP contribution in [-0.4, -0.2) is 45.2 Å². The maximum absolute atomic E-state index is 13.0. The molecule has 1 fully saturated rings. The molecule has 2 heterocycles. The van der Waals surface area contributed by atoms with Gasteiger partial charge >= 0.3 is 0 Å². The van der Waals surface area contributed by atoms with E-state index in [2.05, 4.69) is 0 Å². The average molecular weight is 562 g/mol. The Morgan fingerprint density at radius 3 is 2.50 bits per heavy atom. The number of halogens is 1. The highest BCUT2D eigenvalue weighted by atomic mass is 35.5. The molecule has 1 aromatic heterocycles. The van der Waals surface area contributed by atoms with Crippen LogP contribution in [0.25, 0.3) is 23.0 Å². The van der Waals surface area contributed by atoms with Crippen LogP contribution in [0.2, 0.25) is 5.02 Å². The number of nitrogens with zero attached hydrogens (tertiary/aromatic N) is 3. The quantitative estimate of drug-likeness (QED) is 0.169. The largest absolute Gasteiger partial charge is 0.489 e. The first-order valence-corrected chi connectivity index (χ1v) is 13.5. The molecular formula is C29H24ClN3O3S2. The van der Waals surface area contributed by atoms with E-state index in [1.54, 1.807) is 12.0 Å². The number of rotatable bonds is 9. The molecular weight excluding hydrogens is 538 g/mol. The number of carbonyl (C=O) groups is 1. The summed E-state index contributed by atoms with van der Waals surface area (Å²) in [5.74, 6) is 0.593. The van der Waals surface area contributed by atoms with Gasteiger partial charge in [-0.1, -0.05) is 72.0 Å². The van der Waals surface area contributed by atoms with Gasteiger partial charge in [0.15, 0.2) is 0 Å². The summed E-state index contributed by atoms with van der Waals surface area (Å²) < 4.78 is 13.4. The molecule has 0 atom stereocenters. The Labute approximate surface area is 235 Å². The summed E-state index contributed by atoms with van der Waals surface area (Å²) in [6, 6.07) is 25.2. The first-order valence-electron chi connectivity index (χ1n) is 11.9. The number of hydrogen-bond acceptors (Lipinski definition) is 6. The highest BCUT2D eigenvalue weighted by Gasteiger charge is 2.32. The summed E-state index contributed by atoms with van der Waals surface area (Å²) in [5.41, 5.74) is 4.29. The first kappa shape index (κ1) is 26.2. The van der Waals surface area contributed by atoms with Gasteiger partial charge in [-0.15, -0.1) is 0 Å². The molecule has 0 spiro atoms. The standard InChI is InChI=1S/C29H24ClN3O3S2/c1-35-16-15-32-28(34)26(38-29(32)37)17-22-18-33(23-8-3-2-4-9-23)31-27(22)20-11-13-24(14-12-20)36-19-21-7-5-6-10-25(21)30/h2-14,17-18H,15-16,19H2,1H3/b26-17-. The number of thiocarbonyl (C=S) groups is 1. The van der Waals surface area contributed by atoms with Crippen molar-refractivity contribution in [3.05, 3.63) is 106 Å². The summed E-state index contributed by atoms with van der Waals surface area (Å²) in [7, 11) is 1.60. The molecule has 0 unspecified atom stereocenters. The zero-order valence-electron chi connectivity index (χ0n) is 20.5. The molecule has 1 aliphatic heterocycles. The number of aromatic nitrogens is 2. The molecule has 0 aliphatic carbocycles. The molecule has 1 aliphatic rings. The molecule has 4 aromatic rings. The minimum absolute atomic E-state index is 0.126. The van der Waals surface area contributed by atoms with Gasteiger partial charge in [-0.25, -0.2) is 4.68 Å². The molecule has 192 valence electrons. The van der Waals surface area contributed by atoms with Crippen LogP contribution in [-0.2, 0) is 16.1 Å². The van der Waals surface area contributed by atoms with Crippen LogP contribution in [0, 0.1) is 0 Å². The molecule has 1 amide bonds. The smallest absolute Gasteiger partial charge is 0.266 e. The van der Waals surface area contributed by atoms with Gasteiger partial charge in [0.2, 0.25) is 0 Å². The molecule has 38 heavy (non-hydrogen) atoms. The predicted molar refractivity (Wildman–Crippen MR) is 157 cm³/mol. The summed E-state index contributed by atoms with van der Waals surface area (Å²) in [6.45, 7) is 1.21. The molecule has 9 heteroatoms. The van der Waals surface area contributed by atoms with Gasteiger partial charge in [0, 0.05) is 35.0 Å². The number of carbonyl (C=O) groups excluding carboxylic acids is 1. The van der Waals surface area contributed by atoms with E-state index in [0.29, 0.717) is 34.0 Å². The Hall–Kier alpha value is -3.43. The van der Waals surface area contributed by atoms with E-state index in [9.17, 15) is 4.79 Å². The zero-order chi connectivity index (χ0) is 26.5. The van der Waals surface area contributed by atoms with E-state index in [1.807, 2.05) is 95.8 Å². The number of methoxy groups -OCH3 is 1. The molecule has 0 bridgehead atoms. The second kappa shape index (κ2) is 12.0. The van der Waals surface area contributed by atoms with Gasteiger partial charge in [-0.2, -0.15) is 5.10 Å². The monoisotopic (exact) mass is 561 g/mol. The van der Waals surface area contributed by atoms with Gasteiger partial charge in [0.1, 0.15) is 16.7 Å². The third-order valence-electron chi connectivity index (χ3n) is 5.92. The Morgan fingerprint density at radius 2 is 1.76 bits per heavy atom. The molecule has 0 saturated carbocycles. The van der Waals surface area contributed by atoms with E-state index >= 15 is 0 Å². The van der Waals surface area contributed by atoms with Crippen LogP contribution in [0.1, 0.15) is 11.1 Å². The van der Waals surface area contributed by atoms with Crippen molar-refractivity contribution in [3.63, 3.8) is 0 Å². The van der Waals surface area contributed by atoms with Crippen molar-refractivity contribution in [1.29, 1.82) is 0 Å². The zero-order valence-corrected chi connectivity index (χ0v) is 22.9. The maximum atomic E-state index is 13.0. The summed E-state index contributed by atoms with van der Waals surface area (Å²) in [6.07, 6.45) is 3.78. The fourth-order valence-corrected chi connectivity index (χ4v) is 5.42. The van der Waals surface area contributed by atoms with Gasteiger partial charge < -0.3 is 9.47 Å². The lowest BCUT2D eigenvalue weighted by Gasteiger charge is -2.12. The number of benzene rings is 3. The van der Waals surface area contributed by atoms with E-state index in [1.165, 1.54) is 11.8 Å².